The third-order valence-electron chi connectivity index (χ3n) is 8.22. The van der Waals surface area contributed by atoms with Crippen LogP contribution in [-0.2, 0) is 15.0 Å². The fourth-order valence-corrected chi connectivity index (χ4v) is 6.05. The number of benzene rings is 5. The number of anilines is 1. The van der Waals surface area contributed by atoms with E-state index in [0.29, 0.717) is 45.1 Å². The molecule has 5 aromatic rings. The van der Waals surface area contributed by atoms with Gasteiger partial charge in [-0.25, -0.2) is 0 Å². The van der Waals surface area contributed by atoms with Crippen molar-refractivity contribution in [3.8, 4) is 22.6 Å². The van der Waals surface area contributed by atoms with Crippen molar-refractivity contribution in [1.82, 2.24) is 5.32 Å². The summed E-state index contributed by atoms with van der Waals surface area (Å²) in [5, 5.41) is 16.2. The van der Waals surface area contributed by atoms with Gasteiger partial charge in [-0.1, -0.05) is 100 Å². The van der Waals surface area contributed by atoms with Crippen molar-refractivity contribution in [2.45, 2.75) is 30.7 Å². The molecule has 9 heteroatoms. The zero-order valence-corrected chi connectivity index (χ0v) is 27.4. The van der Waals surface area contributed by atoms with E-state index in [2.05, 4.69) is 26.6 Å². The van der Waals surface area contributed by atoms with Crippen molar-refractivity contribution in [2.24, 2.45) is 0 Å². The van der Waals surface area contributed by atoms with Crippen LogP contribution >= 0.6 is 27.5 Å². The maximum atomic E-state index is 13.7. The highest BCUT2D eigenvalue weighted by Gasteiger charge is 2.51. The van der Waals surface area contributed by atoms with Crippen LogP contribution < -0.4 is 15.4 Å². The number of carboxylic acid groups (broad SMARTS) is 1. The first-order chi connectivity index (χ1) is 22.7. The molecule has 3 N–H and O–H groups in total. The molecule has 7 nitrogen and oxygen atoms in total. The third kappa shape index (κ3) is 7.40. The molecule has 1 saturated carbocycles. The van der Waals surface area contributed by atoms with Crippen LogP contribution in [0.15, 0.2) is 126 Å². The van der Waals surface area contributed by atoms with Crippen LogP contribution in [0.2, 0.25) is 5.02 Å². The lowest BCUT2D eigenvalue weighted by molar-refractivity contribution is -0.137. The van der Waals surface area contributed by atoms with Gasteiger partial charge in [0.25, 0.3) is 5.91 Å². The lowest BCUT2D eigenvalue weighted by atomic mass is 9.94. The summed E-state index contributed by atoms with van der Waals surface area (Å²) in [4.78, 5) is 39.2. The van der Waals surface area contributed by atoms with Gasteiger partial charge >= 0.3 is 5.97 Å². The normalized spacial score (nSPS) is 13.7. The largest absolute Gasteiger partial charge is 0.481 e. The van der Waals surface area contributed by atoms with E-state index in [0.717, 1.165) is 16.7 Å². The van der Waals surface area contributed by atoms with E-state index < -0.39 is 23.3 Å². The van der Waals surface area contributed by atoms with E-state index >= 15 is 0 Å². The molecule has 0 aliphatic heterocycles. The lowest BCUT2D eigenvalue weighted by Gasteiger charge is -2.21. The molecule has 0 aromatic heterocycles. The molecule has 1 fully saturated rings. The Morgan fingerprint density at radius 3 is 2.21 bits per heavy atom. The van der Waals surface area contributed by atoms with Gasteiger partial charge in [0.1, 0.15) is 11.5 Å². The molecule has 1 aliphatic rings. The third-order valence-corrected chi connectivity index (χ3v) is 8.97. The van der Waals surface area contributed by atoms with E-state index in [1.807, 2.05) is 78.9 Å². The molecule has 6 rings (SSSR count). The number of hydrogen-bond donors (Lipinski definition) is 3. The minimum absolute atomic E-state index is 0.207. The predicted octanol–water partition coefficient (Wildman–Crippen LogP) is 9.18. The maximum absolute atomic E-state index is 13.7. The van der Waals surface area contributed by atoms with Gasteiger partial charge in [0.05, 0.1) is 29.1 Å². The van der Waals surface area contributed by atoms with Crippen molar-refractivity contribution in [3.05, 3.63) is 148 Å². The summed E-state index contributed by atoms with van der Waals surface area (Å²) in [6, 6.07) is 35.9. The van der Waals surface area contributed by atoms with Gasteiger partial charge in [0.2, 0.25) is 5.91 Å². The van der Waals surface area contributed by atoms with Gasteiger partial charge in [0.15, 0.2) is 0 Å². The van der Waals surface area contributed by atoms with Crippen molar-refractivity contribution < 1.29 is 24.2 Å². The summed E-state index contributed by atoms with van der Waals surface area (Å²) in [7, 11) is 0. The molecule has 0 spiro atoms. The van der Waals surface area contributed by atoms with Crippen LogP contribution in [0.5, 0.6) is 11.5 Å². The number of carbonyl (C=O) groups is 3. The van der Waals surface area contributed by atoms with Gasteiger partial charge in [0, 0.05) is 15.1 Å². The topological polar surface area (TPSA) is 105 Å². The second kappa shape index (κ2) is 13.8. The zero-order chi connectivity index (χ0) is 33.0. The fraction of sp³-hybridized carbons (Fsp3) is 0.132. The molecule has 1 unspecified atom stereocenters. The van der Waals surface area contributed by atoms with Crippen LogP contribution in [0.25, 0.3) is 11.1 Å². The Labute approximate surface area is 285 Å². The molecule has 1 aliphatic carbocycles. The first kappa shape index (κ1) is 32.0. The number of amides is 2. The molecule has 5 aromatic carbocycles. The Morgan fingerprint density at radius 2 is 1.53 bits per heavy atom. The van der Waals surface area contributed by atoms with Crippen LogP contribution in [0, 0.1) is 0 Å². The minimum atomic E-state index is -1.07. The highest BCUT2D eigenvalue weighted by molar-refractivity contribution is 9.10. The number of hydrogen-bond acceptors (Lipinski definition) is 4. The Balaban J connectivity index is 1.22. The quantitative estimate of drug-likeness (QED) is 0.127. The van der Waals surface area contributed by atoms with Crippen LogP contribution in [0.4, 0.5) is 5.69 Å². The number of carboxylic acids is 1. The molecular formula is C38H30BrClN2O5. The van der Waals surface area contributed by atoms with Crippen molar-refractivity contribution in [3.63, 3.8) is 0 Å². The Kier molecular flexibility index (Phi) is 9.43. The molecule has 2 amide bonds. The zero-order valence-electron chi connectivity index (χ0n) is 25.1. The summed E-state index contributed by atoms with van der Waals surface area (Å²) in [5.74, 6) is -0.418. The monoisotopic (exact) mass is 708 g/mol. The van der Waals surface area contributed by atoms with Gasteiger partial charge in [-0.2, -0.15) is 0 Å². The summed E-state index contributed by atoms with van der Waals surface area (Å²) in [6.07, 6.45) is 1.02. The Morgan fingerprint density at radius 1 is 0.851 bits per heavy atom. The number of ether oxygens (including phenoxy) is 1. The number of halogens is 2. The average molecular weight is 710 g/mol. The first-order valence-corrected chi connectivity index (χ1v) is 16.2. The molecule has 0 bridgehead atoms. The van der Waals surface area contributed by atoms with E-state index in [1.54, 1.807) is 42.5 Å². The molecule has 0 saturated heterocycles. The average Bonchev–Trinajstić information content (AvgIpc) is 3.89. The predicted molar refractivity (Wildman–Crippen MR) is 186 cm³/mol. The Bertz CT molecular complexity index is 1930. The van der Waals surface area contributed by atoms with E-state index in [9.17, 15) is 19.5 Å². The summed E-state index contributed by atoms with van der Waals surface area (Å²) in [5.41, 5.74) is 3.06. The first-order valence-electron chi connectivity index (χ1n) is 15.0. The SMILES string of the molecule is O=C(O)CC(NC(=O)c1cc(Br)ccc1NC(=O)C1(c2ccc(Cl)cc2)CC1)c1ccc(-c2ccccc2Oc2ccccc2)cc1. The van der Waals surface area contributed by atoms with Crippen LogP contribution in [0.3, 0.4) is 0 Å². The summed E-state index contributed by atoms with van der Waals surface area (Å²) < 4.78 is 6.76. The molecule has 236 valence electrons. The van der Waals surface area contributed by atoms with Crippen LogP contribution in [-0.4, -0.2) is 22.9 Å². The lowest BCUT2D eigenvalue weighted by Crippen LogP contribution is -2.32. The van der Waals surface area contributed by atoms with Crippen molar-refractivity contribution in [1.29, 1.82) is 0 Å². The number of carbonyl (C=O) groups excluding carboxylic acids is 2. The second-order valence-corrected chi connectivity index (χ2v) is 12.7. The van der Waals surface area contributed by atoms with Crippen molar-refractivity contribution >= 4 is 51.0 Å². The molecule has 0 heterocycles. The van der Waals surface area contributed by atoms with E-state index in [4.69, 9.17) is 16.3 Å². The molecular weight excluding hydrogens is 680 g/mol. The fourth-order valence-electron chi connectivity index (χ4n) is 5.56. The number of para-hydroxylation sites is 2. The molecule has 47 heavy (non-hydrogen) atoms. The highest BCUT2D eigenvalue weighted by atomic mass is 79.9. The van der Waals surface area contributed by atoms with Crippen molar-refractivity contribution in [2.75, 3.05) is 5.32 Å². The van der Waals surface area contributed by atoms with Gasteiger partial charge in [-0.3, -0.25) is 14.4 Å². The number of aliphatic carboxylic acids is 1. The molecule has 1 atom stereocenters. The highest BCUT2D eigenvalue weighted by Crippen LogP contribution is 2.49. The number of rotatable bonds is 11. The second-order valence-electron chi connectivity index (χ2n) is 11.4. The summed E-state index contributed by atoms with van der Waals surface area (Å²) >= 11 is 9.48. The standard InChI is InChI=1S/C38H30BrClN2O5/c39-27-16-19-32(42-37(46)38(20-21-38)26-14-17-28(40)18-15-26)31(22-27)36(45)41-33(23-35(43)44)25-12-10-24(11-13-25)30-8-4-5-9-34(30)47-29-6-2-1-3-7-29/h1-19,22,33H,20-21,23H2,(H,41,45)(H,42,46)(H,43,44). The summed E-state index contributed by atoms with van der Waals surface area (Å²) in [6.45, 7) is 0. The van der Waals surface area contributed by atoms with E-state index in [1.165, 1.54) is 0 Å². The van der Waals surface area contributed by atoms with Crippen LogP contribution in [0.1, 0.15) is 46.8 Å². The minimum Gasteiger partial charge on any atom is -0.481 e. The maximum Gasteiger partial charge on any atom is 0.305 e. The number of nitrogens with one attached hydrogen (secondary N) is 2. The van der Waals surface area contributed by atoms with Gasteiger partial charge < -0.3 is 20.5 Å². The molecule has 0 radical (unpaired) electrons. The Hall–Kier alpha value is -4.92. The van der Waals surface area contributed by atoms with E-state index in [-0.39, 0.29) is 17.9 Å². The van der Waals surface area contributed by atoms with Gasteiger partial charge in [-0.15, -0.1) is 0 Å². The smallest absolute Gasteiger partial charge is 0.305 e. The van der Waals surface area contributed by atoms with Gasteiger partial charge in [-0.05, 0) is 78.1 Å².